The number of imidazole rings is 1. The van der Waals surface area contributed by atoms with E-state index in [1.807, 2.05) is 13.1 Å². The molecule has 0 fully saturated rings. The molecule has 0 aliphatic heterocycles. The Morgan fingerprint density at radius 1 is 1.57 bits per heavy atom. The van der Waals surface area contributed by atoms with E-state index in [2.05, 4.69) is 21.8 Å². The number of aliphatic hydroxyl groups excluding tert-OH is 1. The van der Waals surface area contributed by atoms with E-state index in [1.54, 1.807) is 6.20 Å². The molecule has 0 aliphatic rings. The van der Waals surface area contributed by atoms with Gasteiger partial charge in [-0.3, -0.25) is 0 Å². The molecular weight excluding hydrogens is 178 g/mol. The summed E-state index contributed by atoms with van der Waals surface area (Å²) in [7, 11) is 0. The van der Waals surface area contributed by atoms with E-state index < -0.39 is 0 Å². The number of aromatic nitrogens is 2. The van der Waals surface area contributed by atoms with E-state index >= 15 is 0 Å². The molecule has 1 heterocycles. The minimum atomic E-state index is -0.250. The SMILES string of the molecule is CCC(O)CNCc1nccn1CC. The summed E-state index contributed by atoms with van der Waals surface area (Å²) in [5.41, 5.74) is 0. The molecule has 0 saturated carbocycles. The lowest BCUT2D eigenvalue weighted by Gasteiger charge is -2.09. The van der Waals surface area contributed by atoms with Gasteiger partial charge in [0.1, 0.15) is 5.82 Å². The summed E-state index contributed by atoms with van der Waals surface area (Å²) < 4.78 is 2.09. The van der Waals surface area contributed by atoms with Crippen molar-refractivity contribution in [3.05, 3.63) is 18.2 Å². The second kappa shape index (κ2) is 5.78. The number of aliphatic hydroxyl groups is 1. The highest BCUT2D eigenvalue weighted by Gasteiger charge is 2.02. The van der Waals surface area contributed by atoms with Crippen LogP contribution in [0.15, 0.2) is 12.4 Å². The van der Waals surface area contributed by atoms with Gasteiger partial charge in [-0.1, -0.05) is 6.92 Å². The first-order valence-corrected chi connectivity index (χ1v) is 5.16. The van der Waals surface area contributed by atoms with Crippen LogP contribution in [0.5, 0.6) is 0 Å². The predicted molar refractivity (Wildman–Crippen MR) is 55.9 cm³/mol. The van der Waals surface area contributed by atoms with E-state index in [4.69, 9.17) is 0 Å². The monoisotopic (exact) mass is 197 g/mol. The van der Waals surface area contributed by atoms with E-state index in [0.717, 1.165) is 25.3 Å². The van der Waals surface area contributed by atoms with Crippen molar-refractivity contribution in [2.75, 3.05) is 6.54 Å². The molecule has 0 saturated heterocycles. The molecule has 1 unspecified atom stereocenters. The number of aryl methyl sites for hydroxylation is 1. The van der Waals surface area contributed by atoms with Gasteiger partial charge < -0.3 is 15.0 Å². The molecule has 0 spiro atoms. The van der Waals surface area contributed by atoms with Gasteiger partial charge in [0.05, 0.1) is 12.6 Å². The molecule has 0 aliphatic carbocycles. The first-order valence-electron chi connectivity index (χ1n) is 5.16. The fourth-order valence-corrected chi connectivity index (χ4v) is 1.29. The van der Waals surface area contributed by atoms with Gasteiger partial charge in [0.25, 0.3) is 0 Å². The lowest BCUT2D eigenvalue weighted by Crippen LogP contribution is -2.26. The molecule has 2 N–H and O–H groups in total. The molecule has 0 bridgehead atoms. The van der Waals surface area contributed by atoms with E-state index in [1.165, 1.54) is 0 Å². The highest BCUT2D eigenvalue weighted by atomic mass is 16.3. The van der Waals surface area contributed by atoms with E-state index in [-0.39, 0.29) is 6.10 Å². The lowest BCUT2D eigenvalue weighted by molar-refractivity contribution is 0.166. The smallest absolute Gasteiger partial charge is 0.122 e. The fraction of sp³-hybridized carbons (Fsp3) is 0.700. The lowest BCUT2D eigenvalue weighted by atomic mass is 10.3. The maximum atomic E-state index is 9.32. The highest BCUT2D eigenvalue weighted by Crippen LogP contribution is 1.96. The third-order valence-electron chi connectivity index (χ3n) is 2.28. The standard InChI is InChI=1S/C10H19N3O/c1-3-9(14)7-11-8-10-12-5-6-13(10)4-2/h5-6,9,11,14H,3-4,7-8H2,1-2H3. The van der Waals surface area contributed by atoms with Crippen molar-refractivity contribution >= 4 is 0 Å². The maximum Gasteiger partial charge on any atom is 0.122 e. The molecule has 1 atom stereocenters. The van der Waals surface area contributed by atoms with Gasteiger partial charge in [-0.25, -0.2) is 4.98 Å². The van der Waals surface area contributed by atoms with Crippen LogP contribution in [0.4, 0.5) is 0 Å². The largest absolute Gasteiger partial charge is 0.392 e. The van der Waals surface area contributed by atoms with Crippen LogP contribution in [-0.4, -0.2) is 27.3 Å². The molecule has 0 aromatic carbocycles. The molecule has 14 heavy (non-hydrogen) atoms. The summed E-state index contributed by atoms with van der Waals surface area (Å²) in [6.45, 7) is 6.35. The quantitative estimate of drug-likeness (QED) is 0.708. The molecule has 4 nitrogen and oxygen atoms in total. The van der Waals surface area contributed by atoms with Crippen LogP contribution in [0.3, 0.4) is 0 Å². The molecule has 0 radical (unpaired) electrons. The van der Waals surface area contributed by atoms with Crippen molar-refractivity contribution in [1.29, 1.82) is 0 Å². The zero-order valence-electron chi connectivity index (χ0n) is 8.90. The normalized spacial score (nSPS) is 13.1. The molecule has 80 valence electrons. The molecule has 1 rings (SSSR count). The number of hydrogen-bond acceptors (Lipinski definition) is 3. The third-order valence-corrected chi connectivity index (χ3v) is 2.28. The molecule has 0 amide bonds. The van der Waals surface area contributed by atoms with Crippen LogP contribution in [0.2, 0.25) is 0 Å². The highest BCUT2D eigenvalue weighted by molar-refractivity contribution is 4.91. The van der Waals surface area contributed by atoms with Gasteiger partial charge in [-0.2, -0.15) is 0 Å². The van der Waals surface area contributed by atoms with E-state index in [9.17, 15) is 5.11 Å². The van der Waals surface area contributed by atoms with Crippen molar-refractivity contribution in [3.63, 3.8) is 0 Å². The zero-order valence-corrected chi connectivity index (χ0v) is 8.90. The molecular formula is C10H19N3O. The van der Waals surface area contributed by atoms with Gasteiger partial charge in [0.2, 0.25) is 0 Å². The molecule has 4 heteroatoms. The topological polar surface area (TPSA) is 50.1 Å². The minimum Gasteiger partial charge on any atom is -0.392 e. The number of nitrogens with zero attached hydrogens (tertiary/aromatic N) is 2. The summed E-state index contributed by atoms with van der Waals surface area (Å²) in [5.74, 6) is 1.02. The number of hydrogen-bond donors (Lipinski definition) is 2. The van der Waals surface area contributed by atoms with Crippen molar-refractivity contribution < 1.29 is 5.11 Å². The second-order valence-corrected chi connectivity index (χ2v) is 3.32. The first-order chi connectivity index (χ1) is 6.77. The minimum absolute atomic E-state index is 0.250. The van der Waals surface area contributed by atoms with Crippen LogP contribution in [0.25, 0.3) is 0 Å². The van der Waals surface area contributed by atoms with Gasteiger partial charge >= 0.3 is 0 Å². The van der Waals surface area contributed by atoms with Crippen molar-refractivity contribution in [2.24, 2.45) is 0 Å². The maximum absolute atomic E-state index is 9.32. The average Bonchev–Trinajstić information content (AvgIpc) is 2.65. The Kier molecular flexibility index (Phi) is 4.62. The third kappa shape index (κ3) is 3.12. The van der Waals surface area contributed by atoms with Crippen LogP contribution < -0.4 is 5.32 Å². The van der Waals surface area contributed by atoms with Crippen molar-refractivity contribution in [1.82, 2.24) is 14.9 Å². The Hall–Kier alpha value is -0.870. The van der Waals surface area contributed by atoms with Crippen LogP contribution >= 0.6 is 0 Å². The zero-order chi connectivity index (χ0) is 10.4. The summed E-state index contributed by atoms with van der Waals surface area (Å²) in [5, 5.41) is 12.5. The van der Waals surface area contributed by atoms with Gasteiger partial charge in [0, 0.05) is 25.5 Å². The predicted octanol–water partition coefficient (Wildman–Crippen LogP) is 0.763. The van der Waals surface area contributed by atoms with Crippen molar-refractivity contribution in [2.45, 2.75) is 39.5 Å². The summed E-state index contributed by atoms with van der Waals surface area (Å²) in [4.78, 5) is 4.23. The first kappa shape index (κ1) is 11.2. The van der Waals surface area contributed by atoms with Crippen LogP contribution in [0.1, 0.15) is 26.1 Å². The Balaban J connectivity index is 2.31. The Morgan fingerprint density at radius 2 is 2.36 bits per heavy atom. The van der Waals surface area contributed by atoms with Crippen LogP contribution in [0, 0.1) is 0 Å². The van der Waals surface area contributed by atoms with Crippen molar-refractivity contribution in [3.8, 4) is 0 Å². The van der Waals surface area contributed by atoms with Gasteiger partial charge in [0.15, 0.2) is 0 Å². The average molecular weight is 197 g/mol. The Labute approximate surface area is 85.0 Å². The number of nitrogens with one attached hydrogen (secondary N) is 1. The molecule has 1 aromatic heterocycles. The van der Waals surface area contributed by atoms with E-state index in [0.29, 0.717) is 6.54 Å². The summed E-state index contributed by atoms with van der Waals surface area (Å²) >= 11 is 0. The Morgan fingerprint density at radius 3 is 3.00 bits per heavy atom. The number of rotatable bonds is 6. The summed E-state index contributed by atoms with van der Waals surface area (Å²) in [6.07, 6.45) is 4.30. The molecule has 1 aromatic rings. The second-order valence-electron chi connectivity index (χ2n) is 3.32. The van der Waals surface area contributed by atoms with Crippen LogP contribution in [-0.2, 0) is 13.1 Å². The van der Waals surface area contributed by atoms with Gasteiger partial charge in [-0.05, 0) is 13.3 Å². The summed E-state index contributed by atoms with van der Waals surface area (Å²) in [6, 6.07) is 0. The van der Waals surface area contributed by atoms with Gasteiger partial charge in [-0.15, -0.1) is 0 Å². The fourth-order valence-electron chi connectivity index (χ4n) is 1.29. The Bertz CT molecular complexity index is 260.